The van der Waals surface area contributed by atoms with E-state index >= 15 is 0 Å². The summed E-state index contributed by atoms with van der Waals surface area (Å²) in [6.07, 6.45) is 4.79. The number of hydrogen-bond donors (Lipinski definition) is 2. The second-order valence-corrected chi connectivity index (χ2v) is 6.07. The van der Waals surface area contributed by atoms with E-state index in [1.165, 1.54) is 6.21 Å². The molecular formula is C22H16N4O2. The molecule has 136 valence electrons. The number of fused-ring (bicyclic) bond motifs is 1. The topological polar surface area (TPSA) is 87.5 Å². The monoisotopic (exact) mass is 368 g/mol. The van der Waals surface area contributed by atoms with Gasteiger partial charge in [-0.2, -0.15) is 5.10 Å². The third kappa shape index (κ3) is 3.57. The molecule has 6 nitrogen and oxygen atoms in total. The first-order valence-electron chi connectivity index (χ1n) is 8.64. The molecule has 2 heterocycles. The number of aromatic nitrogens is 2. The number of phenolic OH excluding ortho intramolecular Hbond substituents is 1. The van der Waals surface area contributed by atoms with E-state index in [9.17, 15) is 9.90 Å². The molecule has 4 rings (SSSR count). The third-order valence-corrected chi connectivity index (χ3v) is 4.22. The molecule has 0 bridgehead atoms. The molecule has 2 N–H and O–H groups in total. The van der Waals surface area contributed by atoms with Crippen LogP contribution in [-0.2, 0) is 0 Å². The van der Waals surface area contributed by atoms with Crippen molar-refractivity contribution < 1.29 is 9.90 Å². The number of carbonyl (C=O) groups excluding carboxylic acids is 1. The van der Waals surface area contributed by atoms with Crippen molar-refractivity contribution in [1.82, 2.24) is 15.4 Å². The molecule has 0 atom stereocenters. The van der Waals surface area contributed by atoms with Crippen LogP contribution in [0.1, 0.15) is 15.9 Å². The van der Waals surface area contributed by atoms with E-state index in [1.54, 1.807) is 42.7 Å². The summed E-state index contributed by atoms with van der Waals surface area (Å²) in [7, 11) is 0. The Morgan fingerprint density at radius 2 is 1.86 bits per heavy atom. The highest BCUT2D eigenvalue weighted by Crippen LogP contribution is 2.24. The Labute approximate surface area is 161 Å². The second kappa shape index (κ2) is 7.67. The lowest BCUT2D eigenvalue weighted by atomic mass is 10.0. The smallest absolute Gasteiger partial charge is 0.272 e. The van der Waals surface area contributed by atoms with E-state index in [0.29, 0.717) is 22.3 Å². The van der Waals surface area contributed by atoms with Crippen LogP contribution in [0.3, 0.4) is 0 Å². The lowest BCUT2D eigenvalue weighted by molar-refractivity contribution is 0.0956. The molecule has 0 fully saturated rings. The number of rotatable bonds is 4. The first-order valence-corrected chi connectivity index (χ1v) is 8.64. The summed E-state index contributed by atoms with van der Waals surface area (Å²) >= 11 is 0. The quantitative estimate of drug-likeness (QED) is 0.424. The minimum atomic E-state index is -0.365. The van der Waals surface area contributed by atoms with Gasteiger partial charge in [0.05, 0.1) is 23.0 Å². The van der Waals surface area contributed by atoms with Crippen LogP contribution in [0, 0.1) is 0 Å². The molecule has 2 aromatic heterocycles. The number of nitrogens with zero attached hydrogens (tertiary/aromatic N) is 3. The maximum absolute atomic E-state index is 12.8. The third-order valence-electron chi connectivity index (χ3n) is 4.22. The van der Waals surface area contributed by atoms with Crippen molar-refractivity contribution in [2.24, 2.45) is 5.10 Å². The van der Waals surface area contributed by atoms with Crippen LogP contribution in [0.25, 0.3) is 22.2 Å². The minimum Gasteiger partial charge on any atom is -0.507 e. The van der Waals surface area contributed by atoms with Gasteiger partial charge >= 0.3 is 0 Å². The fourth-order valence-electron chi connectivity index (χ4n) is 2.84. The Hall–Kier alpha value is -4.06. The zero-order valence-electron chi connectivity index (χ0n) is 14.8. The molecule has 2 aromatic carbocycles. The summed E-state index contributed by atoms with van der Waals surface area (Å²) in [5.74, 6) is -0.274. The van der Waals surface area contributed by atoms with Crippen molar-refractivity contribution in [2.45, 2.75) is 0 Å². The summed E-state index contributed by atoms with van der Waals surface area (Å²) in [6.45, 7) is 0. The van der Waals surface area contributed by atoms with Crippen molar-refractivity contribution >= 4 is 23.0 Å². The highest BCUT2D eigenvalue weighted by Gasteiger charge is 2.13. The summed E-state index contributed by atoms with van der Waals surface area (Å²) in [5.41, 5.74) is 5.67. The molecule has 0 spiro atoms. The standard InChI is InChI=1S/C22H16N4O2/c27-21-10-4-1-6-16(21)14-24-26-22(28)18-12-20(15-7-5-11-23-13-15)25-19-9-3-2-8-17(18)19/h1-14,27H,(H,26,28). The maximum atomic E-state index is 12.8. The Kier molecular flexibility index (Phi) is 4.76. The highest BCUT2D eigenvalue weighted by atomic mass is 16.3. The minimum absolute atomic E-state index is 0.0914. The number of para-hydroxylation sites is 2. The zero-order valence-corrected chi connectivity index (χ0v) is 14.8. The highest BCUT2D eigenvalue weighted by molar-refractivity contribution is 6.07. The van der Waals surface area contributed by atoms with Crippen LogP contribution in [0.15, 0.2) is 84.2 Å². The number of carbonyl (C=O) groups is 1. The average Bonchev–Trinajstić information content (AvgIpc) is 2.75. The average molecular weight is 368 g/mol. The van der Waals surface area contributed by atoms with Gasteiger partial charge < -0.3 is 5.11 Å². The number of nitrogens with one attached hydrogen (secondary N) is 1. The first-order chi connectivity index (χ1) is 13.7. The van der Waals surface area contributed by atoms with Gasteiger partial charge in [-0.3, -0.25) is 9.78 Å². The molecule has 0 saturated heterocycles. The van der Waals surface area contributed by atoms with Gasteiger partial charge in [0.15, 0.2) is 0 Å². The molecular weight excluding hydrogens is 352 g/mol. The van der Waals surface area contributed by atoms with E-state index in [-0.39, 0.29) is 11.7 Å². The van der Waals surface area contributed by atoms with Gasteiger partial charge in [0.2, 0.25) is 0 Å². The predicted molar refractivity (Wildman–Crippen MR) is 108 cm³/mol. The fourth-order valence-corrected chi connectivity index (χ4v) is 2.84. The SMILES string of the molecule is O=C(NN=Cc1ccccc1O)c1cc(-c2cccnc2)nc2ccccc12. The van der Waals surface area contributed by atoms with E-state index in [0.717, 1.165) is 10.9 Å². The summed E-state index contributed by atoms with van der Waals surface area (Å²) < 4.78 is 0. The van der Waals surface area contributed by atoms with E-state index in [2.05, 4.69) is 20.5 Å². The van der Waals surface area contributed by atoms with Gasteiger partial charge in [0.25, 0.3) is 5.91 Å². The zero-order chi connectivity index (χ0) is 19.3. The van der Waals surface area contributed by atoms with Crippen LogP contribution in [0.4, 0.5) is 0 Å². The van der Waals surface area contributed by atoms with Crippen molar-refractivity contribution in [1.29, 1.82) is 0 Å². The van der Waals surface area contributed by atoms with Crippen molar-refractivity contribution in [2.75, 3.05) is 0 Å². The molecule has 6 heteroatoms. The molecule has 4 aromatic rings. The van der Waals surface area contributed by atoms with E-state index in [4.69, 9.17) is 0 Å². The Bertz CT molecular complexity index is 1170. The molecule has 0 aliphatic carbocycles. The normalized spacial score (nSPS) is 11.0. The van der Waals surface area contributed by atoms with Gasteiger partial charge in [-0.05, 0) is 36.4 Å². The van der Waals surface area contributed by atoms with E-state index < -0.39 is 0 Å². The van der Waals surface area contributed by atoms with Gasteiger partial charge in [-0.1, -0.05) is 30.3 Å². The number of hydrogen-bond acceptors (Lipinski definition) is 5. The van der Waals surface area contributed by atoms with Crippen molar-refractivity contribution in [3.8, 4) is 17.0 Å². The molecule has 0 radical (unpaired) electrons. The van der Waals surface area contributed by atoms with Gasteiger partial charge in [-0.15, -0.1) is 0 Å². The summed E-state index contributed by atoms with van der Waals surface area (Å²) in [5, 5.41) is 14.5. The van der Waals surface area contributed by atoms with Crippen LogP contribution in [0.2, 0.25) is 0 Å². The van der Waals surface area contributed by atoms with Gasteiger partial charge in [-0.25, -0.2) is 10.4 Å². The number of pyridine rings is 2. The molecule has 28 heavy (non-hydrogen) atoms. The fraction of sp³-hybridized carbons (Fsp3) is 0. The summed E-state index contributed by atoms with van der Waals surface area (Å²) in [6, 6.07) is 19.6. The number of hydrazone groups is 1. The lowest BCUT2D eigenvalue weighted by Gasteiger charge is -2.08. The summed E-state index contributed by atoms with van der Waals surface area (Å²) in [4.78, 5) is 21.5. The number of aromatic hydroxyl groups is 1. The lowest BCUT2D eigenvalue weighted by Crippen LogP contribution is -2.18. The maximum Gasteiger partial charge on any atom is 0.272 e. The first kappa shape index (κ1) is 17.4. The Morgan fingerprint density at radius 1 is 1.04 bits per heavy atom. The second-order valence-electron chi connectivity index (χ2n) is 6.07. The molecule has 0 aliphatic rings. The number of benzene rings is 2. The van der Waals surface area contributed by atoms with Gasteiger partial charge in [0.1, 0.15) is 5.75 Å². The Morgan fingerprint density at radius 3 is 2.68 bits per heavy atom. The van der Waals surface area contributed by atoms with Crippen LogP contribution >= 0.6 is 0 Å². The Balaban J connectivity index is 1.69. The molecule has 0 saturated carbocycles. The van der Waals surface area contributed by atoms with Crippen LogP contribution in [0.5, 0.6) is 5.75 Å². The number of phenols is 1. The molecule has 0 aliphatic heterocycles. The van der Waals surface area contributed by atoms with Crippen molar-refractivity contribution in [3.63, 3.8) is 0 Å². The van der Waals surface area contributed by atoms with E-state index in [1.807, 2.05) is 36.4 Å². The van der Waals surface area contributed by atoms with Crippen LogP contribution < -0.4 is 5.43 Å². The van der Waals surface area contributed by atoms with Crippen LogP contribution in [-0.4, -0.2) is 27.2 Å². The number of amides is 1. The predicted octanol–water partition coefficient (Wildman–Crippen LogP) is 3.77. The largest absolute Gasteiger partial charge is 0.507 e. The van der Waals surface area contributed by atoms with Crippen molar-refractivity contribution in [3.05, 3.63) is 90.3 Å². The molecule has 1 amide bonds. The van der Waals surface area contributed by atoms with Gasteiger partial charge in [0, 0.05) is 28.9 Å². The molecule has 0 unspecified atom stereocenters.